The first-order chi connectivity index (χ1) is 14.2. The Morgan fingerprint density at radius 3 is 2.48 bits per heavy atom. The van der Waals surface area contributed by atoms with E-state index in [1.165, 1.54) is 0 Å². The normalized spacial score (nSPS) is 11.2. The van der Waals surface area contributed by atoms with Crippen molar-refractivity contribution in [1.29, 1.82) is 0 Å². The van der Waals surface area contributed by atoms with Gasteiger partial charge in [-0.2, -0.15) is 0 Å². The smallest absolute Gasteiger partial charge is 0.246 e. The van der Waals surface area contributed by atoms with E-state index in [4.69, 9.17) is 0 Å². The van der Waals surface area contributed by atoms with Gasteiger partial charge in [-0.25, -0.2) is 9.98 Å². The van der Waals surface area contributed by atoms with E-state index < -0.39 is 0 Å². The Morgan fingerprint density at radius 2 is 1.79 bits per heavy atom. The predicted octanol–water partition coefficient (Wildman–Crippen LogP) is 3.11. The number of hydrogen-bond donors (Lipinski definition) is 3. The van der Waals surface area contributed by atoms with Crippen molar-refractivity contribution in [2.45, 2.75) is 13.5 Å². The number of aromatic amines is 1. The topological polar surface area (TPSA) is 85.4 Å². The molecule has 150 valence electrons. The number of rotatable bonds is 7. The van der Waals surface area contributed by atoms with E-state index in [-0.39, 0.29) is 12.5 Å². The third-order valence-electron chi connectivity index (χ3n) is 4.23. The number of para-hydroxylation sites is 1. The third kappa shape index (κ3) is 5.93. The summed E-state index contributed by atoms with van der Waals surface area (Å²) >= 11 is 0. The van der Waals surface area contributed by atoms with E-state index in [9.17, 15) is 4.79 Å². The molecule has 3 N–H and O–H groups in total. The number of carbonyl (C=O) groups excluding carboxylic acids is 1. The van der Waals surface area contributed by atoms with E-state index in [1.807, 2.05) is 85.7 Å². The Hall–Kier alpha value is -3.61. The molecule has 29 heavy (non-hydrogen) atoms. The Kier molecular flexibility index (Phi) is 7.00. The summed E-state index contributed by atoms with van der Waals surface area (Å²) in [5.74, 6) is 1.31. The molecule has 3 rings (SSSR count). The number of nitrogens with zero attached hydrogens (tertiary/aromatic N) is 3. The fourth-order valence-electron chi connectivity index (χ4n) is 2.85. The summed E-state index contributed by atoms with van der Waals surface area (Å²) in [6.07, 6.45) is 1.83. The average molecular weight is 390 g/mol. The molecule has 1 heterocycles. The van der Waals surface area contributed by atoms with Crippen LogP contribution in [0.5, 0.6) is 0 Å². The van der Waals surface area contributed by atoms with E-state index in [0.717, 1.165) is 22.8 Å². The molecular formula is C22H26N6O. The number of nitrogens with one attached hydrogen (secondary N) is 3. The van der Waals surface area contributed by atoms with E-state index in [0.29, 0.717) is 19.0 Å². The average Bonchev–Trinajstić information content (AvgIpc) is 3.21. The third-order valence-corrected chi connectivity index (χ3v) is 4.23. The van der Waals surface area contributed by atoms with Gasteiger partial charge < -0.3 is 20.5 Å². The molecule has 0 aliphatic rings. The van der Waals surface area contributed by atoms with Crippen molar-refractivity contribution in [3.63, 3.8) is 0 Å². The minimum atomic E-state index is -0.163. The van der Waals surface area contributed by atoms with Crippen molar-refractivity contribution in [3.8, 4) is 11.3 Å². The molecule has 1 amide bonds. The molecule has 0 fully saturated rings. The minimum Gasteiger partial charge on any atom is -0.357 e. The lowest BCUT2D eigenvalue weighted by molar-refractivity contribution is -0.114. The molecule has 0 aliphatic heterocycles. The van der Waals surface area contributed by atoms with Gasteiger partial charge in [0.2, 0.25) is 5.91 Å². The molecule has 7 heteroatoms. The molecule has 0 atom stereocenters. The number of H-pyrrole nitrogens is 1. The van der Waals surface area contributed by atoms with Crippen molar-refractivity contribution in [1.82, 2.24) is 20.2 Å². The molecule has 0 unspecified atom stereocenters. The summed E-state index contributed by atoms with van der Waals surface area (Å²) in [5.41, 5.74) is 2.82. The highest BCUT2D eigenvalue weighted by Gasteiger charge is 2.11. The molecule has 0 aliphatic carbocycles. The fraction of sp³-hybridized carbons (Fsp3) is 0.227. The van der Waals surface area contributed by atoms with Crippen LogP contribution in [0.3, 0.4) is 0 Å². The van der Waals surface area contributed by atoms with Crippen LogP contribution in [0.2, 0.25) is 0 Å². The van der Waals surface area contributed by atoms with Gasteiger partial charge in [0, 0.05) is 19.3 Å². The summed E-state index contributed by atoms with van der Waals surface area (Å²) in [6.45, 7) is 3.28. The first kappa shape index (κ1) is 20.1. The van der Waals surface area contributed by atoms with Gasteiger partial charge in [0.25, 0.3) is 0 Å². The Morgan fingerprint density at radius 1 is 1.10 bits per heavy atom. The number of guanidine groups is 1. The van der Waals surface area contributed by atoms with Crippen molar-refractivity contribution in [2.24, 2.45) is 4.99 Å². The minimum absolute atomic E-state index is 0.0367. The van der Waals surface area contributed by atoms with Crippen LogP contribution in [0, 0.1) is 0 Å². The van der Waals surface area contributed by atoms with Gasteiger partial charge in [0.05, 0.1) is 18.4 Å². The second-order valence-electron chi connectivity index (χ2n) is 6.55. The highest BCUT2D eigenvalue weighted by atomic mass is 16.1. The quantitative estimate of drug-likeness (QED) is 0.427. The zero-order chi connectivity index (χ0) is 20.5. The molecule has 0 bridgehead atoms. The Labute approximate surface area is 170 Å². The summed E-state index contributed by atoms with van der Waals surface area (Å²) < 4.78 is 0. The summed E-state index contributed by atoms with van der Waals surface area (Å²) in [4.78, 5) is 26.4. The number of amides is 1. The first-order valence-electron chi connectivity index (χ1n) is 9.59. The van der Waals surface area contributed by atoms with Crippen molar-refractivity contribution in [2.75, 3.05) is 25.5 Å². The van der Waals surface area contributed by atoms with Crippen LogP contribution in [0.15, 0.2) is 71.9 Å². The lowest BCUT2D eigenvalue weighted by Gasteiger charge is -2.21. The van der Waals surface area contributed by atoms with Gasteiger partial charge in [-0.05, 0) is 24.6 Å². The number of imidazole rings is 1. The maximum atomic E-state index is 12.2. The summed E-state index contributed by atoms with van der Waals surface area (Å²) in [6, 6.07) is 19.4. The van der Waals surface area contributed by atoms with Crippen LogP contribution in [0.25, 0.3) is 11.3 Å². The van der Waals surface area contributed by atoms with Gasteiger partial charge in [0.1, 0.15) is 12.4 Å². The summed E-state index contributed by atoms with van der Waals surface area (Å²) in [7, 11) is 1.92. The highest BCUT2D eigenvalue weighted by Crippen LogP contribution is 2.16. The molecule has 2 aromatic carbocycles. The molecule has 1 aromatic heterocycles. The van der Waals surface area contributed by atoms with Gasteiger partial charge >= 0.3 is 0 Å². The standard InChI is InChI=1S/C22H26N6O/c1-3-23-22(25-15-21(29)26-18-12-8-5-9-13-18)28(2)16-20-24-14-19(27-20)17-10-6-4-7-11-17/h4-14H,3,15-16H2,1-2H3,(H,23,25)(H,24,27)(H,26,29). The largest absolute Gasteiger partial charge is 0.357 e. The van der Waals surface area contributed by atoms with Crippen molar-refractivity contribution < 1.29 is 4.79 Å². The van der Waals surface area contributed by atoms with Gasteiger partial charge in [-0.1, -0.05) is 48.5 Å². The maximum absolute atomic E-state index is 12.2. The highest BCUT2D eigenvalue weighted by molar-refractivity contribution is 5.94. The van der Waals surface area contributed by atoms with Gasteiger partial charge in [0.15, 0.2) is 5.96 Å². The van der Waals surface area contributed by atoms with Crippen LogP contribution >= 0.6 is 0 Å². The fourth-order valence-corrected chi connectivity index (χ4v) is 2.85. The monoisotopic (exact) mass is 390 g/mol. The number of hydrogen-bond acceptors (Lipinski definition) is 3. The number of benzene rings is 2. The molecule has 0 saturated heterocycles. The molecule has 0 radical (unpaired) electrons. The number of anilines is 1. The Balaban J connectivity index is 1.61. The first-order valence-corrected chi connectivity index (χ1v) is 9.59. The molecule has 0 spiro atoms. The predicted molar refractivity (Wildman–Crippen MR) is 117 cm³/mol. The van der Waals surface area contributed by atoms with Crippen LogP contribution in [-0.4, -0.2) is 46.9 Å². The van der Waals surface area contributed by atoms with E-state index >= 15 is 0 Å². The van der Waals surface area contributed by atoms with E-state index in [2.05, 4.69) is 25.6 Å². The zero-order valence-corrected chi connectivity index (χ0v) is 16.7. The van der Waals surface area contributed by atoms with Crippen molar-refractivity contribution >= 4 is 17.6 Å². The lowest BCUT2D eigenvalue weighted by Crippen LogP contribution is -2.39. The van der Waals surface area contributed by atoms with Crippen LogP contribution in [0.4, 0.5) is 5.69 Å². The molecule has 0 saturated carbocycles. The Bertz CT molecular complexity index is 936. The zero-order valence-electron chi connectivity index (χ0n) is 16.7. The van der Waals surface area contributed by atoms with Gasteiger partial charge in [-0.15, -0.1) is 0 Å². The lowest BCUT2D eigenvalue weighted by atomic mass is 10.2. The molecular weight excluding hydrogens is 364 g/mol. The van der Waals surface area contributed by atoms with Crippen molar-refractivity contribution in [3.05, 3.63) is 72.7 Å². The molecule has 3 aromatic rings. The number of aliphatic imine (C=N–C) groups is 1. The summed E-state index contributed by atoms with van der Waals surface area (Å²) in [5, 5.41) is 6.05. The second kappa shape index (κ2) is 10.1. The second-order valence-corrected chi connectivity index (χ2v) is 6.55. The maximum Gasteiger partial charge on any atom is 0.246 e. The van der Waals surface area contributed by atoms with E-state index in [1.54, 1.807) is 0 Å². The van der Waals surface area contributed by atoms with Crippen LogP contribution in [-0.2, 0) is 11.3 Å². The number of carbonyl (C=O) groups is 1. The number of aromatic nitrogens is 2. The van der Waals surface area contributed by atoms with Gasteiger partial charge in [-0.3, -0.25) is 4.79 Å². The SMILES string of the molecule is CCNC(=NCC(=O)Nc1ccccc1)N(C)Cc1ncc(-c2ccccc2)[nH]1. The van der Waals surface area contributed by atoms with Crippen LogP contribution in [0.1, 0.15) is 12.7 Å². The van der Waals surface area contributed by atoms with Crippen LogP contribution < -0.4 is 10.6 Å². The molecule has 7 nitrogen and oxygen atoms in total.